The minimum Gasteiger partial charge on any atom is -0.310 e. The van der Waals surface area contributed by atoms with Gasteiger partial charge >= 0.3 is 7.75 Å². The van der Waals surface area contributed by atoms with E-state index in [4.69, 9.17) is 32.2 Å². The number of rotatable bonds is 9. The summed E-state index contributed by atoms with van der Waals surface area (Å²) < 4.78 is 53.2. The number of nitrogens with zero attached hydrogens (tertiary/aromatic N) is 4. The number of anilines is 3. The molecule has 0 bridgehead atoms. The number of aromatic nitrogens is 2. The second-order valence-corrected chi connectivity index (χ2v) is 12.2. The molecule has 35 heavy (non-hydrogen) atoms. The summed E-state index contributed by atoms with van der Waals surface area (Å²) in [6, 6.07) is 10.6. The molecular formula is C22H23Cl2N4O5PS. The van der Waals surface area contributed by atoms with Crippen molar-refractivity contribution in [3.8, 4) is 0 Å². The van der Waals surface area contributed by atoms with Crippen LogP contribution in [0.3, 0.4) is 0 Å². The summed E-state index contributed by atoms with van der Waals surface area (Å²) in [6.07, 6.45) is 3.91. The zero-order valence-electron chi connectivity index (χ0n) is 19.0. The van der Waals surface area contributed by atoms with Gasteiger partial charge < -0.3 is 4.90 Å². The zero-order chi connectivity index (χ0) is 25.2. The maximum absolute atomic E-state index is 13.9. The van der Waals surface area contributed by atoms with Crippen LogP contribution in [0.25, 0.3) is 0 Å². The normalized spacial score (nSPS) is 13.7. The molecule has 186 valence electrons. The van der Waals surface area contributed by atoms with Crippen molar-refractivity contribution < 1.29 is 22.0 Å². The van der Waals surface area contributed by atoms with Gasteiger partial charge in [-0.2, -0.15) is 4.08 Å². The van der Waals surface area contributed by atoms with E-state index in [2.05, 4.69) is 9.97 Å². The summed E-state index contributed by atoms with van der Waals surface area (Å²) in [5, 5.41) is 0.234. The fourth-order valence-corrected chi connectivity index (χ4v) is 8.56. The van der Waals surface area contributed by atoms with Crippen molar-refractivity contribution in [2.45, 2.75) is 25.2 Å². The number of hydrogen-bond acceptors (Lipinski definition) is 8. The van der Waals surface area contributed by atoms with Crippen LogP contribution < -0.4 is 8.98 Å². The number of sulfonamides is 1. The lowest BCUT2D eigenvalue weighted by atomic mass is 10.1. The van der Waals surface area contributed by atoms with Crippen LogP contribution in [0.1, 0.15) is 19.4 Å². The van der Waals surface area contributed by atoms with Gasteiger partial charge in [0.2, 0.25) is 5.95 Å². The van der Waals surface area contributed by atoms with Gasteiger partial charge in [-0.1, -0.05) is 23.2 Å². The Morgan fingerprint density at radius 1 is 1.03 bits per heavy atom. The SMILES string of the molecule is CCOP(=O)(OCC)N(c1ccc2c(c1)CCN2c1ncccn1)S(=O)(=O)c1cc(Cl)cc(Cl)c1. The summed E-state index contributed by atoms with van der Waals surface area (Å²) in [4.78, 5) is 10.3. The van der Waals surface area contributed by atoms with E-state index in [1.54, 1.807) is 50.5 Å². The highest BCUT2D eigenvalue weighted by Crippen LogP contribution is 2.57. The average molecular weight is 557 g/mol. The molecule has 0 aliphatic carbocycles. The fourth-order valence-electron chi connectivity index (χ4n) is 3.80. The Balaban J connectivity index is 1.86. The predicted molar refractivity (Wildman–Crippen MR) is 136 cm³/mol. The van der Waals surface area contributed by atoms with Gasteiger partial charge in [0.25, 0.3) is 10.0 Å². The largest absolute Gasteiger partial charge is 0.449 e. The first kappa shape index (κ1) is 25.9. The first-order valence-corrected chi connectivity index (χ1v) is 14.5. The minimum absolute atomic E-state index is 0.0380. The van der Waals surface area contributed by atoms with Gasteiger partial charge in [0.05, 0.1) is 23.8 Å². The molecule has 13 heteroatoms. The van der Waals surface area contributed by atoms with Gasteiger partial charge in [0, 0.05) is 34.7 Å². The van der Waals surface area contributed by atoms with E-state index in [1.807, 2.05) is 4.90 Å². The van der Waals surface area contributed by atoms with Crippen LogP contribution in [0.15, 0.2) is 59.8 Å². The van der Waals surface area contributed by atoms with Crippen LogP contribution in [-0.4, -0.2) is 38.1 Å². The van der Waals surface area contributed by atoms with Gasteiger partial charge in [-0.05, 0) is 68.3 Å². The van der Waals surface area contributed by atoms with Crippen molar-refractivity contribution in [3.63, 3.8) is 0 Å². The Labute approximate surface area is 214 Å². The lowest BCUT2D eigenvalue weighted by Gasteiger charge is -2.31. The molecule has 1 aliphatic heterocycles. The molecule has 0 spiro atoms. The van der Waals surface area contributed by atoms with Crippen molar-refractivity contribution in [2.75, 3.05) is 28.7 Å². The number of halogens is 2. The third-order valence-electron chi connectivity index (χ3n) is 5.14. The first-order valence-electron chi connectivity index (χ1n) is 10.8. The second-order valence-electron chi connectivity index (χ2n) is 7.42. The van der Waals surface area contributed by atoms with E-state index >= 15 is 0 Å². The summed E-state index contributed by atoms with van der Waals surface area (Å²) in [7, 11) is -8.82. The van der Waals surface area contributed by atoms with Gasteiger partial charge in [0.1, 0.15) is 0 Å². The van der Waals surface area contributed by atoms with Crippen molar-refractivity contribution in [3.05, 3.63) is 70.5 Å². The average Bonchev–Trinajstić information content (AvgIpc) is 3.22. The van der Waals surface area contributed by atoms with Gasteiger partial charge in [-0.25, -0.2) is 23.0 Å². The summed E-state index contributed by atoms with van der Waals surface area (Å²) in [5.74, 6) is 0.534. The van der Waals surface area contributed by atoms with E-state index in [-0.39, 0.29) is 33.8 Å². The molecular weight excluding hydrogens is 534 g/mol. The maximum Gasteiger partial charge on any atom is 0.449 e. The molecule has 0 N–H and O–H groups in total. The van der Waals surface area contributed by atoms with Crippen LogP contribution in [0, 0.1) is 0 Å². The fraction of sp³-hybridized carbons (Fsp3) is 0.273. The zero-order valence-corrected chi connectivity index (χ0v) is 22.2. The lowest BCUT2D eigenvalue weighted by Crippen LogP contribution is -2.30. The molecule has 0 radical (unpaired) electrons. The number of fused-ring (bicyclic) bond motifs is 1. The highest BCUT2D eigenvalue weighted by molar-refractivity contribution is 7.99. The van der Waals surface area contributed by atoms with Crippen LogP contribution in [-0.2, 0) is 30.1 Å². The molecule has 0 unspecified atom stereocenters. The summed E-state index contributed by atoms with van der Waals surface area (Å²) >= 11 is 12.2. The van der Waals surface area contributed by atoms with Gasteiger partial charge in [-0.15, -0.1) is 0 Å². The number of benzene rings is 2. The molecule has 1 aliphatic rings. The van der Waals surface area contributed by atoms with E-state index in [0.29, 0.717) is 23.0 Å². The quantitative estimate of drug-likeness (QED) is 0.302. The van der Waals surface area contributed by atoms with E-state index in [0.717, 1.165) is 11.3 Å². The van der Waals surface area contributed by atoms with Crippen LogP contribution in [0.5, 0.6) is 0 Å². The third-order valence-corrected chi connectivity index (χ3v) is 10.2. The highest BCUT2D eigenvalue weighted by atomic mass is 35.5. The lowest BCUT2D eigenvalue weighted by molar-refractivity contribution is 0.221. The van der Waals surface area contributed by atoms with E-state index in [9.17, 15) is 13.0 Å². The maximum atomic E-state index is 13.9. The first-order chi connectivity index (χ1) is 16.7. The van der Waals surface area contributed by atoms with E-state index < -0.39 is 17.8 Å². The summed E-state index contributed by atoms with van der Waals surface area (Å²) in [6.45, 7) is 3.74. The predicted octanol–water partition coefficient (Wildman–Crippen LogP) is 5.85. The molecule has 0 fully saturated rings. The standard InChI is InChI=1S/C22H23Cl2N4O5PS/c1-3-32-34(29,33-4-2)28(35(30,31)20-14-17(23)13-18(24)15-20)19-6-7-21-16(12-19)8-11-27(21)22-25-9-5-10-26-22/h5-7,9-10,12-15H,3-4,8,11H2,1-2H3. The van der Waals surface area contributed by atoms with Crippen LogP contribution >= 0.6 is 30.9 Å². The smallest absolute Gasteiger partial charge is 0.310 e. The Kier molecular flexibility index (Phi) is 7.71. The molecule has 2 aromatic carbocycles. The molecule has 3 aromatic rings. The Morgan fingerprint density at radius 2 is 1.66 bits per heavy atom. The molecule has 9 nitrogen and oxygen atoms in total. The Bertz CT molecular complexity index is 1350. The van der Waals surface area contributed by atoms with Crippen molar-refractivity contribution in [1.29, 1.82) is 0 Å². The van der Waals surface area contributed by atoms with Gasteiger partial charge in [0.15, 0.2) is 0 Å². The molecule has 1 aromatic heterocycles. The van der Waals surface area contributed by atoms with Crippen molar-refractivity contribution in [2.24, 2.45) is 0 Å². The summed E-state index contributed by atoms with van der Waals surface area (Å²) in [5.41, 5.74) is 1.78. The van der Waals surface area contributed by atoms with Crippen LogP contribution in [0.4, 0.5) is 17.3 Å². The van der Waals surface area contributed by atoms with Crippen molar-refractivity contribution in [1.82, 2.24) is 9.97 Å². The molecule has 2 heterocycles. The Hall–Kier alpha value is -2.20. The molecule has 0 atom stereocenters. The minimum atomic E-state index is -4.47. The second kappa shape index (κ2) is 10.4. The monoisotopic (exact) mass is 556 g/mol. The third kappa shape index (κ3) is 5.18. The number of hydrogen-bond donors (Lipinski definition) is 0. The Morgan fingerprint density at radius 3 is 2.26 bits per heavy atom. The topological polar surface area (TPSA) is 102 Å². The van der Waals surface area contributed by atoms with Crippen LogP contribution in [0.2, 0.25) is 10.0 Å². The molecule has 0 saturated carbocycles. The molecule has 0 saturated heterocycles. The van der Waals surface area contributed by atoms with Crippen molar-refractivity contribution >= 4 is 58.3 Å². The van der Waals surface area contributed by atoms with Gasteiger partial charge in [-0.3, -0.25) is 9.05 Å². The highest BCUT2D eigenvalue weighted by Gasteiger charge is 2.44. The molecule has 4 rings (SSSR count). The molecule has 0 amide bonds. The van der Waals surface area contributed by atoms with E-state index in [1.165, 1.54) is 18.2 Å².